The number of hydrogen-bond donors (Lipinski definition) is 1. The number of carbonyl (C=O) groups is 1. The first kappa shape index (κ1) is 16.8. The van der Waals surface area contributed by atoms with Crippen LogP contribution in [0.3, 0.4) is 0 Å². The van der Waals surface area contributed by atoms with Crippen LogP contribution in [0, 0.1) is 0 Å². The van der Waals surface area contributed by atoms with E-state index in [0.29, 0.717) is 11.7 Å². The van der Waals surface area contributed by atoms with Gasteiger partial charge in [0.15, 0.2) is 0 Å². The van der Waals surface area contributed by atoms with Crippen molar-refractivity contribution in [1.29, 1.82) is 0 Å². The van der Waals surface area contributed by atoms with Gasteiger partial charge in [0.2, 0.25) is 5.91 Å². The molecule has 1 heterocycles. The fourth-order valence-electron chi connectivity index (χ4n) is 2.30. The third-order valence-corrected chi connectivity index (χ3v) is 5.68. The predicted octanol–water partition coefficient (Wildman–Crippen LogP) is 3.41. The van der Waals surface area contributed by atoms with Gasteiger partial charge in [-0.1, -0.05) is 34.1 Å². The average molecular weight is 372 g/mol. The van der Waals surface area contributed by atoms with E-state index in [4.69, 9.17) is 4.74 Å². The monoisotopic (exact) mass is 371 g/mol. The van der Waals surface area contributed by atoms with Crippen molar-refractivity contribution in [3.05, 3.63) is 34.3 Å². The van der Waals surface area contributed by atoms with E-state index in [9.17, 15) is 4.79 Å². The molecule has 0 unspecified atom stereocenters. The van der Waals surface area contributed by atoms with Crippen molar-refractivity contribution in [2.24, 2.45) is 0 Å². The topological polar surface area (TPSA) is 38.3 Å². The van der Waals surface area contributed by atoms with Crippen LogP contribution < -0.4 is 5.32 Å². The zero-order valence-corrected chi connectivity index (χ0v) is 14.5. The molecule has 0 atom stereocenters. The number of nitrogens with one attached hydrogen (secondary N) is 1. The summed E-state index contributed by atoms with van der Waals surface area (Å²) in [5, 5.41) is 3.71. The van der Waals surface area contributed by atoms with Gasteiger partial charge in [-0.25, -0.2) is 0 Å². The highest BCUT2D eigenvalue weighted by Crippen LogP contribution is 2.21. The van der Waals surface area contributed by atoms with Gasteiger partial charge in [-0.3, -0.25) is 4.79 Å². The predicted molar refractivity (Wildman–Crippen MR) is 91.8 cm³/mol. The zero-order chi connectivity index (χ0) is 14.9. The maximum atomic E-state index is 11.8. The van der Waals surface area contributed by atoms with Crippen LogP contribution in [0.5, 0.6) is 0 Å². The van der Waals surface area contributed by atoms with E-state index in [2.05, 4.69) is 27.3 Å². The van der Waals surface area contributed by atoms with Crippen molar-refractivity contribution in [1.82, 2.24) is 5.32 Å². The Balaban J connectivity index is 1.56. The lowest BCUT2D eigenvalue weighted by Gasteiger charge is -2.21. The van der Waals surface area contributed by atoms with Crippen LogP contribution in [0.4, 0.5) is 0 Å². The van der Waals surface area contributed by atoms with Crippen molar-refractivity contribution in [2.75, 3.05) is 25.5 Å². The van der Waals surface area contributed by atoms with Crippen molar-refractivity contribution in [3.63, 3.8) is 0 Å². The van der Waals surface area contributed by atoms with E-state index in [0.717, 1.165) is 49.2 Å². The lowest BCUT2D eigenvalue weighted by Crippen LogP contribution is -2.27. The summed E-state index contributed by atoms with van der Waals surface area (Å²) in [6.45, 7) is 2.53. The van der Waals surface area contributed by atoms with Gasteiger partial charge >= 0.3 is 0 Å². The minimum Gasteiger partial charge on any atom is -0.381 e. The molecule has 2 rings (SSSR count). The van der Waals surface area contributed by atoms with Crippen LogP contribution >= 0.6 is 27.7 Å². The molecule has 5 heteroatoms. The summed E-state index contributed by atoms with van der Waals surface area (Å²) in [6, 6.07) is 8.06. The molecule has 1 fully saturated rings. The number of ether oxygens (including phenoxy) is 1. The fourth-order valence-corrected chi connectivity index (χ4v) is 3.86. The third-order valence-electron chi connectivity index (χ3n) is 3.53. The molecule has 116 valence electrons. The standard InChI is InChI=1S/C16H22BrNO2S/c17-15-4-2-1-3-13(15)5-6-16(19)18-9-12-21-14-7-10-20-11-8-14/h1-4,14H,5-12H2,(H,18,19). The largest absolute Gasteiger partial charge is 0.381 e. The molecule has 1 aromatic carbocycles. The Kier molecular flexibility index (Phi) is 7.61. The molecule has 1 N–H and O–H groups in total. The number of thioether (sulfide) groups is 1. The van der Waals surface area contributed by atoms with Crippen LogP contribution in [0.1, 0.15) is 24.8 Å². The fraction of sp³-hybridized carbons (Fsp3) is 0.562. The number of benzene rings is 1. The van der Waals surface area contributed by atoms with Crippen molar-refractivity contribution in [3.8, 4) is 0 Å². The van der Waals surface area contributed by atoms with E-state index in [-0.39, 0.29) is 5.91 Å². The summed E-state index contributed by atoms with van der Waals surface area (Å²) in [7, 11) is 0. The summed E-state index contributed by atoms with van der Waals surface area (Å²) in [5.74, 6) is 1.13. The van der Waals surface area contributed by atoms with Crippen LogP contribution in [-0.4, -0.2) is 36.7 Å². The van der Waals surface area contributed by atoms with E-state index in [1.54, 1.807) is 0 Å². The van der Waals surface area contributed by atoms with Crippen molar-refractivity contribution in [2.45, 2.75) is 30.9 Å². The van der Waals surface area contributed by atoms with Gasteiger partial charge in [0.1, 0.15) is 0 Å². The lowest BCUT2D eigenvalue weighted by molar-refractivity contribution is -0.120. The number of carbonyl (C=O) groups excluding carboxylic acids is 1. The minimum absolute atomic E-state index is 0.137. The Morgan fingerprint density at radius 3 is 2.86 bits per heavy atom. The third kappa shape index (κ3) is 6.41. The van der Waals surface area contributed by atoms with Crippen LogP contribution in [0.15, 0.2) is 28.7 Å². The Bertz CT molecular complexity index is 450. The molecule has 0 bridgehead atoms. The molecule has 1 aromatic rings. The zero-order valence-electron chi connectivity index (χ0n) is 12.1. The lowest BCUT2D eigenvalue weighted by atomic mass is 10.1. The van der Waals surface area contributed by atoms with E-state index in [1.807, 2.05) is 30.0 Å². The maximum Gasteiger partial charge on any atom is 0.220 e. The number of aryl methyl sites for hydroxylation is 1. The maximum absolute atomic E-state index is 11.8. The molecular formula is C16H22BrNO2S. The Morgan fingerprint density at radius 1 is 1.33 bits per heavy atom. The van der Waals surface area contributed by atoms with Gasteiger partial charge in [-0.15, -0.1) is 0 Å². The molecular weight excluding hydrogens is 350 g/mol. The summed E-state index contributed by atoms with van der Waals surface area (Å²) >= 11 is 5.46. The quantitative estimate of drug-likeness (QED) is 0.746. The van der Waals surface area contributed by atoms with E-state index >= 15 is 0 Å². The van der Waals surface area contributed by atoms with Gasteiger partial charge < -0.3 is 10.1 Å². The number of amides is 1. The molecule has 3 nitrogen and oxygen atoms in total. The summed E-state index contributed by atoms with van der Waals surface area (Å²) < 4.78 is 6.42. The van der Waals surface area contributed by atoms with Crippen LogP contribution in [-0.2, 0) is 16.0 Å². The number of halogens is 1. The summed E-state index contributed by atoms with van der Waals surface area (Å²) in [5.41, 5.74) is 1.18. The smallest absolute Gasteiger partial charge is 0.220 e. The molecule has 0 radical (unpaired) electrons. The van der Waals surface area contributed by atoms with Crippen molar-refractivity contribution >= 4 is 33.6 Å². The highest BCUT2D eigenvalue weighted by molar-refractivity contribution is 9.10. The number of rotatable bonds is 7. The van der Waals surface area contributed by atoms with Crippen LogP contribution in [0.25, 0.3) is 0 Å². The van der Waals surface area contributed by atoms with Crippen molar-refractivity contribution < 1.29 is 9.53 Å². The molecule has 1 amide bonds. The van der Waals surface area contributed by atoms with Gasteiger partial charge in [0.25, 0.3) is 0 Å². The molecule has 1 saturated heterocycles. The second-order valence-corrected chi connectivity index (χ2v) is 7.39. The highest BCUT2D eigenvalue weighted by Gasteiger charge is 2.13. The molecule has 0 spiro atoms. The number of hydrogen-bond acceptors (Lipinski definition) is 3. The van der Waals surface area contributed by atoms with Gasteiger partial charge in [-0.05, 0) is 30.9 Å². The van der Waals surface area contributed by atoms with Gasteiger partial charge in [0.05, 0.1) is 0 Å². The second-order valence-electron chi connectivity index (χ2n) is 5.12. The molecule has 0 aliphatic carbocycles. The first-order chi connectivity index (χ1) is 10.3. The minimum atomic E-state index is 0.137. The summed E-state index contributed by atoms with van der Waals surface area (Å²) in [4.78, 5) is 11.8. The van der Waals surface area contributed by atoms with Gasteiger partial charge in [0, 0.05) is 41.7 Å². The highest BCUT2D eigenvalue weighted by atomic mass is 79.9. The SMILES string of the molecule is O=C(CCc1ccccc1Br)NCCSC1CCOCC1. The average Bonchev–Trinajstić information content (AvgIpc) is 2.52. The first-order valence-electron chi connectivity index (χ1n) is 7.45. The van der Waals surface area contributed by atoms with E-state index in [1.165, 1.54) is 5.56 Å². The van der Waals surface area contributed by atoms with E-state index < -0.39 is 0 Å². The Labute approximate surface area is 139 Å². The Hall–Kier alpha value is -0.520. The molecule has 1 aliphatic rings. The normalized spacial score (nSPS) is 15.9. The molecule has 1 aliphatic heterocycles. The molecule has 21 heavy (non-hydrogen) atoms. The summed E-state index contributed by atoms with van der Waals surface area (Å²) in [6.07, 6.45) is 3.60. The van der Waals surface area contributed by atoms with Crippen LogP contribution in [0.2, 0.25) is 0 Å². The first-order valence-corrected chi connectivity index (χ1v) is 9.29. The molecule has 0 saturated carbocycles. The second kappa shape index (κ2) is 9.49. The molecule has 0 aromatic heterocycles. The Morgan fingerprint density at radius 2 is 2.10 bits per heavy atom. The van der Waals surface area contributed by atoms with Gasteiger partial charge in [-0.2, -0.15) is 11.8 Å².